The number of pyridine rings is 1. The number of ketones is 1. The fraction of sp³-hybridized carbons (Fsp3) is 0. The summed E-state index contributed by atoms with van der Waals surface area (Å²) in [5, 5.41) is 0.611. The first kappa shape index (κ1) is 13.3. The van der Waals surface area contributed by atoms with Crippen molar-refractivity contribution in [3.63, 3.8) is 0 Å². The fourth-order valence-electron chi connectivity index (χ4n) is 2.04. The number of hydrogen-bond donors (Lipinski definition) is 1. The number of hydrogen-bond acceptors (Lipinski definition) is 4. The van der Waals surface area contributed by atoms with Crippen LogP contribution in [0.15, 0.2) is 55.0 Å². The normalized spacial score (nSPS) is 10.5. The molecule has 104 valence electrons. The first-order chi connectivity index (χ1) is 10.2. The first-order valence-electron chi connectivity index (χ1n) is 6.20. The Balaban J connectivity index is 2.09. The van der Waals surface area contributed by atoms with Crippen molar-refractivity contribution in [2.45, 2.75) is 0 Å². The lowest BCUT2D eigenvalue weighted by Crippen LogP contribution is -2.10. The van der Waals surface area contributed by atoms with E-state index in [1.807, 2.05) is 0 Å². The molecule has 3 rings (SSSR count). The topological polar surface area (TPSA) is 73.8 Å². The summed E-state index contributed by atoms with van der Waals surface area (Å²) in [4.78, 5) is 20.5. The van der Waals surface area contributed by atoms with Crippen LogP contribution in [-0.4, -0.2) is 20.3 Å². The van der Waals surface area contributed by atoms with Gasteiger partial charge in [-0.15, -0.1) is 0 Å². The second kappa shape index (κ2) is 5.38. The van der Waals surface area contributed by atoms with E-state index >= 15 is 0 Å². The molecule has 5 nitrogen and oxygen atoms in total. The highest BCUT2D eigenvalue weighted by Gasteiger charge is 2.17. The van der Waals surface area contributed by atoms with E-state index in [0.29, 0.717) is 16.3 Å². The molecule has 0 bridgehead atoms. The molecule has 2 N–H and O–H groups in total. The van der Waals surface area contributed by atoms with Gasteiger partial charge in [0.15, 0.2) is 0 Å². The molecule has 0 saturated heterocycles. The molecular formula is C15H11ClN4O. The third-order valence-corrected chi connectivity index (χ3v) is 3.30. The van der Waals surface area contributed by atoms with Crippen LogP contribution in [0.1, 0.15) is 16.1 Å². The molecule has 1 aromatic carbocycles. The zero-order chi connectivity index (χ0) is 14.8. The standard InChI is InChI=1S/C15H11ClN4O/c16-11-1-3-12(4-2-11)20-13(9-19-15(20)17)14(21)10-5-7-18-8-6-10/h1-9H,(H2,17,19). The van der Waals surface area contributed by atoms with E-state index < -0.39 is 0 Å². The Labute approximate surface area is 126 Å². The van der Waals surface area contributed by atoms with Crippen molar-refractivity contribution in [2.24, 2.45) is 0 Å². The van der Waals surface area contributed by atoms with E-state index in [-0.39, 0.29) is 11.7 Å². The minimum atomic E-state index is -0.170. The van der Waals surface area contributed by atoms with E-state index in [0.717, 1.165) is 5.69 Å². The van der Waals surface area contributed by atoms with Crippen LogP contribution in [0.4, 0.5) is 5.95 Å². The molecule has 0 amide bonds. The van der Waals surface area contributed by atoms with Crippen molar-refractivity contribution in [2.75, 3.05) is 5.73 Å². The van der Waals surface area contributed by atoms with Gasteiger partial charge in [-0.2, -0.15) is 0 Å². The maximum absolute atomic E-state index is 12.6. The minimum Gasteiger partial charge on any atom is -0.369 e. The second-order valence-corrected chi connectivity index (χ2v) is 4.81. The molecule has 0 fully saturated rings. The number of carbonyl (C=O) groups is 1. The zero-order valence-corrected chi connectivity index (χ0v) is 11.7. The average Bonchev–Trinajstić information content (AvgIpc) is 2.90. The lowest BCUT2D eigenvalue weighted by Gasteiger charge is -2.09. The van der Waals surface area contributed by atoms with Gasteiger partial charge in [-0.1, -0.05) is 11.6 Å². The van der Waals surface area contributed by atoms with E-state index in [1.165, 1.54) is 6.20 Å². The summed E-state index contributed by atoms with van der Waals surface area (Å²) < 4.78 is 1.60. The quantitative estimate of drug-likeness (QED) is 0.755. The lowest BCUT2D eigenvalue weighted by atomic mass is 10.1. The number of benzene rings is 1. The van der Waals surface area contributed by atoms with Gasteiger partial charge >= 0.3 is 0 Å². The number of nitrogen functional groups attached to an aromatic ring is 1. The molecule has 3 aromatic rings. The summed E-state index contributed by atoms with van der Waals surface area (Å²) in [6.07, 6.45) is 4.60. The highest BCUT2D eigenvalue weighted by atomic mass is 35.5. The van der Waals surface area contributed by atoms with Crippen LogP contribution in [0.25, 0.3) is 5.69 Å². The van der Waals surface area contributed by atoms with Gasteiger partial charge in [-0.05, 0) is 36.4 Å². The zero-order valence-electron chi connectivity index (χ0n) is 10.9. The van der Waals surface area contributed by atoms with Gasteiger partial charge < -0.3 is 5.73 Å². The number of nitrogens with zero attached hydrogens (tertiary/aromatic N) is 3. The Morgan fingerprint density at radius 3 is 2.43 bits per heavy atom. The molecule has 6 heteroatoms. The number of nitrogens with two attached hydrogens (primary N) is 1. The van der Waals surface area contributed by atoms with Crippen LogP contribution in [0.3, 0.4) is 0 Å². The number of aromatic nitrogens is 3. The van der Waals surface area contributed by atoms with Crippen LogP contribution in [0.5, 0.6) is 0 Å². The molecule has 0 radical (unpaired) electrons. The van der Waals surface area contributed by atoms with Gasteiger partial charge in [0.1, 0.15) is 5.69 Å². The summed E-state index contributed by atoms with van der Waals surface area (Å²) in [5.41, 5.74) is 7.53. The number of imidazole rings is 1. The van der Waals surface area contributed by atoms with Crippen molar-refractivity contribution < 1.29 is 4.79 Å². The van der Waals surface area contributed by atoms with Gasteiger partial charge in [-0.3, -0.25) is 14.3 Å². The predicted molar refractivity (Wildman–Crippen MR) is 80.7 cm³/mol. The Kier molecular flexibility index (Phi) is 3.41. The molecular weight excluding hydrogens is 288 g/mol. The van der Waals surface area contributed by atoms with Gasteiger partial charge in [0.25, 0.3) is 0 Å². The Morgan fingerprint density at radius 1 is 1.10 bits per heavy atom. The van der Waals surface area contributed by atoms with Crippen molar-refractivity contribution in [3.8, 4) is 5.69 Å². The largest absolute Gasteiger partial charge is 0.369 e. The van der Waals surface area contributed by atoms with E-state index in [1.54, 1.807) is 53.4 Å². The van der Waals surface area contributed by atoms with Crippen molar-refractivity contribution in [3.05, 3.63) is 71.3 Å². The van der Waals surface area contributed by atoms with Gasteiger partial charge in [-0.25, -0.2) is 4.98 Å². The Hall–Kier alpha value is -2.66. The van der Waals surface area contributed by atoms with Crippen molar-refractivity contribution in [1.29, 1.82) is 0 Å². The van der Waals surface area contributed by atoms with Gasteiger partial charge in [0.05, 0.1) is 6.20 Å². The molecule has 0 saturated carbocycles. The summed E-state index contributed by atoms with van der Waals surface area (Å²) in [5.74, 6) is 0.0753. The number of halogens is 1. The highest BCUT2D eigenvalue weighted by molar-refractivity contribution is 6.30. The lowest BCUT2D eigenvalue weighted by molar-refractivity contribution is 0.103. The Bertz CT molecular complexity index is 781. The second-order valence-electron chi connectivity index (χ2n) is 4.38. The van der Waals surface area contributed by atoms with Crippen molar-refractivity contribution in [1.82, 2.24) is 14.5 Å². The number of rotatable bonds is 3. The van der Waals surface area contributed by atoms with Crippen LogP contribution < -0.4 is 5.73 Å². The summed E-state index contributed by atoms with van der Waals surface area (Å²) >= 11 is 5.88. The highest BCUT2D eigenvalue weighted by Crippen LogP contribution is 2.21. The van der Waals surface area contributed by atoms with E-state index in [2.05, 4.69) is 9.97 Å². The molecule has 21 heavy (non-hydrogen) atoms. The molecule has 0 atom stereocenters. The molecule has 0 spiro atoms. The summed E-state index contributed by atoms with van der Waals surface area (Å²) in [6, 6.07) is 10.3. The third kappa shape index (κ3) is 2.51. The monoisotopic (exact) mass is 298 g/mol. The molecule has 0 unspecified atom stereocenters. The number of anilines is 1. The summed E-state index contributed by atoms with van der Waals surface area (Å²) in [7, 11) is 0. The molecule has 2 heterocycles. The predicted octanol–water partition coefficient (Wildman–Crippen LogP) is 2.73. The first-order valence-corrected chi connectivity index (χ1v) is 6.58. The number of carbonyl (C=O) groups excluding carboxylic acids is 1. The average molecular weight is 299 g/mol. The molecule has 2 aromatic heterocycles. The van der Waals surface area contributed by atoms with Crippen molar-refractivity contribution >= 4 is 23.3 Å². The van der Waals surface area contributed by atoms with Gasteiger partial charge in [0.2, 0.25) is 11.7 Å². The Morgan fingerprint density at radius 2 is 1.76 bits per heavy atom. The maximum atomic E-state index is 12.6. The third-order valence-electron chi connectivity index (χ3n) is 3.05. The SMILES string of the molecule is Nc1ncc(C(=O)c2ccncc2)n1-c1ccc(Cl)cc1. The summed E-state index contributed by atoms with van der Waals surface area (Å²) in [6.45, 7) is 0. The molecule has 0 aliphatic heterocycles. The molecule has 0 aliphatic rings. The maximum Gasteiger partial charge on any atom is 0.211 e. The van der Waals surface area contributed by atoms with E-state index in [9.17, 15) is 4.79 Å². The van der Waals surface area contributed by atoms with Gasteiger partial charge in [0, 0.05) is 28.7 Å². The molecule has 0 aliphatic carbocycles. The van der Waals surface area contributed by atoms with Crippen LogP contribution in [0.2, 0.25) is 5.02 Å². The fourth-order valence-corrected chi connectivity index (χ4v) is 2.17. The van der Waals surface area contributed by atoms with E-state index in [4.69, 9.17) is 17.3 Å². The minimum absolute atomic E-state index is 0.170. The van der Waals surface area contributed by atoms with Crippen LogP contribution in [0, 0.1) is 0 Å². The smallest absolute Gasteiger partial charge is 0.211 e. The van der Waals surface area contributed by atoms with Crippen LogP contribution in [-0.2, 0) is 0 Å². The van der Waals surface area contributed by atoms with Crippen LogP contribution >= 0.6 is 11.6 Å².